The highest BCUT2D eigenvalue weighted by atomic mass is 16.6. The van der Waals surface area contributed by atoms with Crippen molar-refractivity contribution in [3.63, 3.8) is 0 Å². The van der Waals surface area contributed by atoms with Gasteiger partial charge in [0, 0.05) is 31.5 Å². The van der Waals surface area contributed by atoms with E-state index in [1.807, 2.05) is 73.9 Å². The summed E-state index contributed by atoms with van der Waals surface area (Å²) in [4.78, 5) is 31.8. The lowest BCUT2D eigenvalue weighted by Crippen LogP contribution is -2.44. The van der Waals surface area contributed by atoms with E-state index >= 15 is 0 Å². The molecule has 3 aromatic carbocycles. The van der Waals surface area contributed by atoms with Crippen LogP contribution in [0.4, 0.5) is 4.79 Å². The summed E-state index contributed by atoms with van der Waals surface area (Å²) in [6.45, 7) is 7.01. The number of imidazole rings is 1. The third-order valence-corrected chi connectivity index (χ3v) is 6.94. The molecule has 1 amide bonds. The Bertz CT molecular complexity index is 1590. The SMILES string of the molecule is CC(C)(C)OC(=O)N1CCC(Oc2ccc(OCc3nc4cc(C#N)ccc4n3CC(=O)c3ccccc3)cc2)CC1. The largest absolute Gasteiger partial charge is 0.490 e. The summed E-state index contributed by atoms with van der Waals surface area (Å²) in [6.07, 6.45) is 1.17. The fourth-order valence-electron chi connectivity index (χ4n) is 4.83. The van der Waals surface area contributed by atoms with Crippen LogP contribution in [0.3, 0.4) is 0 Å². The second-order valence-electron chi connectivity index (χ2n) is 11.3. The smallest absolute Gasteiger partial charge is 0.410 e. The van der Waals surface area contributed by atoms with E-state index in [1.165, 1.54) is 0 Å². The molecule has 1 fully saturated rings. The maximum absolute atomic E-state index is 13.0. The van der Waals surface area contributed by atoms with Crippen LogP contribution in [0.2, 0.25) is 0 Å². The second-order valence-corrected chi connectivity index (χ2v) is 11.3. The van der Waals surface area contributed by atoms with Crippen LogP contribution in [0.25, 0.3) is 11.0 Å². The Hall–Kier alpha value is -4.84. The molecule has 9 heteroatoms. The molecule has 0 N–H and O–H groups in total. The number of rotatable bonds is 8. The molecule has 0 spiro atoms. The number of nitriles is 1. The van der Waals surface area contributed by atoms with Crippen molar-refractivity contribution < 1.29 is 23.8 Å². The summed E-state index contributed by atoms with van der Waals surface area (Å²) in [7, 11) is 0. The zero-order valence-electron chi connectivity index (χ0n) is 24.1. The van der Waals surface area contributed by atoms with Crippen LogP contribution in [-0.2, 0) is 17.9 Å². The van der Waals surface area contributed by atoms with Gasteiger partial charge >= 0.3 is 6.09 Å². The first-order chi connectivity index (χ1) is 20.2. The molecule has 216 valence electrons. The number of piperidine rings is 1. The molecule has 2 heterocycles. The summed E-state index contributed by atoms with van der Waals surface area (Å²) < 4.78 is 19.5. The van der Waals surface area contributed by atoms with Crippen LogP contribution >= 0.6 is 0 Å². The van der Waals surface area contributed by atoms with Gasteiger partial charge < -0.3 is 23.7 Å². The lowest BCUT2D eigenvalue weighted by atomic mass is 10.1. The molecule has 9 nitrogen and oxygen atoms in total. The first-order valence-corrected chi connectivity index (χ1v) is 14.0. The molecule has 0 atom stereocenters. The summed E-state index contributed by atoms with van der Waals surface area (Å²) in [5.41, 5.74) is 2.00. The molecule has 0 aliphatic carbocycles. The number of ketones is 1. The quantitative estimate of drug-likeness (QED) is 0.236. The van der Waals surface area contributed by atoms with Crippen molar-refractivity contribution in [2.24, 2.45) is 0 Å². The standard InChI is InChI=1S/C33H34N4O5/c1-33(2,3)42-32(39)36-17-15-27(16-18-36)41-26-12-10-25(11-13-26)40-22-31-35-28-19-23(20-34)9-14-29(28)37(31)21-30(38)24-7-5-4-6-8-24/h4-14,19,27H,15-18,21-22H2,1-3H3. The Labute approximate surface area is 245 Å². The molecule has 1 aliphatic rings. The van der Waals surface area contributed by atoms with E-state index in [-0.39, 0.29) is 31.1 Å². The average molecular weight is 567 g/mol. The van der Waals surface area contributed by atoms with Gasteiger partial charge in [-0.1, -0.05) is 30.3 Å². The van der Waals surface area contributed by atoms with Crippen molar-refractivity contribution >= 4 is 22.9 Å². The van der Waals surface area contributed by atoms with Crippen LogP contribution in [0.5, 0.6) is 11.5 Å². The highest BCUT2D eigenvalue weighted by Crippen LogP contribution is 2.25. The topological polar surface area (TPSA) is 107 Å². The predicted molar refractivity (Wildman–Crippen MR) is 157 cm³/mol. The Kier molecular flexibility index (Phi) is 8.43. The van der Waals surface area contributed by atoms with E-state index in [9.17, 15) is 14.9 Å². The summed E-state index contributed by atoms with van der Waals surface area (Å²) in [5.74, 6) is 1.90. The molecule has 5 rings (SSSR count). The number of likely N-dealkylation sites (tertiary alicyclic amines) is 1. The van der Waals surface area contributed by atoms with Crippen molar-refractivity contribution in [2.75, 3.05) is 13.1 Å². The van der Waals surface area contributed by atoms with Crippen LogP contribution in [0.1, 0.15) is 55.4 Å². The molecule has 4 aromatic rings. The third kappa shape index (κ3) is 7.07. The number of hydrogen-bond acceptors (Lipinski definition) is 7. The number of Topliss-reactive ketones (excluding diaryl/α,β-unsaturated/α-hetero) is 1. The summed E-state index contributed by atoms with van der Waals surface area (Å²) in [6, 6.07) is 23.9. The predicted octanol–water partition coefficient (Wildman–Crippen LogP) is 6.15. The van der Waals surface area contributed by atoms with Gasteiger partial charge in [0.25, 0.3) is 0 Å². The van der Waals surface area contributed by atoms with Gasteiger partial charge in [-0.05, 0) is 63.2 Å². The fourth-order valence-corrected chi connectivity index (χ4v) is 4.83. The summed E-state index contributed by atoms with van der Waals surface area (Å²) >= 11 is 0. The number of benzene rings is 3. The molecule has 0 bridgehead atoms. The number of nitrogens with zero attached hydrogens (tertiary/aromatic N) is 4. The number of carbonyl (C=O) groups is 2. The first kappa shape index (κ1) is 28.7. The van der Waals surface area contributed by atoms with E-state index in [2.05, 4.69) is 11.1 Å². The molecule has 0 saturated carbocycles. The Morgan fingerprint density at radius 1 is 0.976 bits per heavy atom. The van der Waals surface area contributed by atoms with E-state index in [0.29, 0.717) is 41.3 Å². The molecule has 42 heavy (non-hydrogen) atoms. The Morgan fingerprint density at radius 2 is 1.67 bits per heavy atom. The van der Waals surface area contributed by atoms with Gasteiger partial charge in [-0.3, -0.25) is 4.79 Å². The van der Waals surface area contributed by atoms with Crippen molar-refractivity contribution in [1.29, 1.82) is 5.26 Å². The molecule has 0 radical (unpaired) electrons. The summed E-state index contributed by atoms with van der Waals surface area (Å²) in [5, 5.41) is 9.32. The van der Waals surface area contributed by atoms with Crippen LogP contribution < -0.4 is 9.47 Å². The highest BCUT2D eigenvalue weighted by molar-refractivity contribution is 5.96. The first-order valence-electron chi connectivity index (χ1n) is 14.0. The van der Waals surface area contributed by atoms with Gasteiger partial charge in [0.05, 0.1) is 29.2 Å². The Morgan fingerprint density at radius 3 is 2.33 bits per heavy atom. The number of hydrogen-bond donors (Lipinski definition) is 0. The average Bonchev–Trinajstić information content (AvgIpc) is 3.32. The normalized spacial score (nSPS) is 13.9. The van der Waals surface area contributed by atoms with E-state index in [4.69, 9.17) is 14.2 Å². The van der Waals surface area contributed by atoms with E-state index in [1.54, 1.807) is 29.2 Å². The number of amides is 1. The van der Waals surface area contributed by atoms with E-state index in [0.717, 1.165) is 24.1 Å². The van der Waals surface area contributed by atoms with Gasteiger partial charge in [0.2, 0.25) is 0 Å². The van der Waals surface area contributed by atoms with Gasteiger partial charge in [0.1, 0.15) is 35.6 Å². The maximum Gasteiger partial charge on any atom is 0.410 e. The zero-order valence-corrected chi connectivity index (χ0v) is 24.1. The molecule has 1 aromatic heterocycles. The van der Waals surface area contributed by atoms with Crippen molar-refractivity contribution in [3.05, 3.63) is 89.7 Å². The maximum atomic E-state index is 13.0. The lowest BCUT2D eigenvalue weighted by molar-refractivity contribution is 0.0126. The number of ether oxygens (including phenoxy) is 3. The minimum Gasteiger partial charge on any atom is -0.490 e. The molecule has 1 saturated heterocycles. The molecular weight excluding hydrogens is 532 g/mol. The number of aromatic nitrogens is 2. The molecule has 0 unspecified atom stereocenters. The highest BCUT2D eigenvalue weighted by Gasteiger charge is 2.27. The second kappa shape index (κ2) is 12.4. The van der Waals surface area contributed by atoms with Gasteiger partial charge in [-0.15, -0.1) is 0 Å². The fraction of sp³-hybridized carbons (Fsp3) is 0.333. The van der Waals surface area contributed by atoms with Crippen LogP contribution in [-0.4, -0.2) is 51.1 Å². The van der Waals surface area contributed by atoms with Crippen molar-refractivity contribution in [2.45, 2.75) is 58.5 Å². The minimum atomic E-state index is -0.513. The monoisotopic (exact) mass is 566 g/mol. The van der Waals surface area contributed by atoms with Gasteiger partial charge in [0.15, 0.2) is 5.78 Å². The van der Waals surface area contributed by atoms with Crippen molar-refractivity contribution in [3.8, 4) is 17.6 Å². The van der Waals surface area contributed by atoms with Gasteiger partial charge in [-0.25, -0.2) is 9.78 Å². The Balaban J connectivity index is 1.21. The van der Waals surface area contributed by atoms with Crippen LogP contribution in [0, 0.1) is 11.3 Å². The number of carbonyl (C=O) groups excluding carboxylic acids is 2. The number of fused-ring (bicyclic) bond motifs is 1. The van der Waals surface area contributed by atoms with Gasteiger partial charge in [-0.2, -0.15) is 5.26 Å². The van der Waals surface area contributed by atoms with Crippen molar-refractivity contribution in [1.82, 2.24) is 14.5 Å². The lowest BCUT2D eigenvalue weighted by Gasteiger charge is -2.33. The molecular formula is C33H34N4O5. The van der Waals surface area contributed by atoms with Crippen LogP contribution in [0.15, 0.2) is 72.8 Å². The minimum absolute atomic E-state index is 0.0100. The zero-order chi connectivity index (χ0) is 29.7. The van der Waals surface area contributed by atoms with E-state index < -0.39 is 5.60 Å². The molecule has 1 aliphatic heterocycles. The third-order valence-electron chi connectivity index (χ3n) is 6.94.